The minimum Gasteiger partial charge on any atom is -0.726 e. The molecule has 1 aliphatic heterocycles. The van der Waals surface area contributed by atoms with Crippen molar-refractivity contribution in [2.45, 2.75) is 124 Å². The highest BCUT2D eigenvalue weighted by Crippen LogP contribution is 2.16. The third-order valence-corrected chi connectivity index (χ3v) is 7.36. The molecular formula is C26H55NO5S. The fraction of sp³-hybridized carbons (Fsp3) is 1.00. The van der Waals surface area contributed by atoms with Crippen LogP contribution >= 0.6 is 0 Å². The summed E-state index contributed by atoms with van der Waals surface area (Å²) in [6, 6.07) is 0. The van der Waals surface area contributed by atoms with Crippen LogP contribution in [-0.4, -0.2) is 63.5 Å². The summed E-state index contributed by atoms with van der Waals surface area (Å²) < 4.78 is 38.9. The first-order valence-corrected chi connectivity index (χ1v) is 15.3. The Kier molecular flexibility index (Phi) is 22.1. The van der Waals surface area contributed by atoms with Crippen molar-refractivity contribution in [1.82, 2.24) is 0 Å². The van der Waals surface area contributed by atoms with Gasteiger partial charge in [0, 0.05) is 0 Å². The first-order chi connectivity index (χ1) is 15.9. The molecule has 1 saturated heterocycles. The van der Waals surface area contributed by atoms with Crippen molar-refractivity contribution in [3.05, 3.63) is 0 Å². The summed E-state index contributed by atoms with van der Waals surface area (Å²) in [4.78, 5) is 0. The Hall–Kier alpha value is -0.210. The lowest BCUT2D eigenvalue weighted by atomic mass is 10.0. The predicted molar refractivity (Wildman–Crippen MR) is 137 cm³/mol. The molecule has 7 heteroatoms. The summed E-state index contributed by atoms with van der Waals surface area (Å²) in [5, 5.41) is 0. The van der Waals surface area contributed by atoms with E-state index in [0.717, 1.165) is 13.2 Å². The summed E-state index contributed by atoms with van der Waals surface area (Å²) in [5.74, 6) is 0. The molecule has 0 spiro atoms. The van der Waals surface area contributed by atoms with Crippen LogP contribution in [0.5, 0.6) is 0 Å². The van der Waals surface area contributed by atoms with Crippen LogP contribution in [0.1, 0.15) is 124 Å². The van der Waals surface area contributed by atoms with Gasteiger partial charge in [-0.05, 0) is 26.7 Å². The molecule has 0 radical (unpaired) electrons. The van der Waals surface area contributed by atoms with Crippen molar-refractivity contribution >= 4 is 10.4 Å². The molecule has 0 aromatic carbocycles. The highest BCUT2D eigenvalue weighted by atomic mass is 32.3. The van der Waals surface area contributed by atoms with E-state index in [1.165, 1.54) is 140 Å². The standard InChI is InChI=1S/C24H50NO.C2H6O4S/c1-3-5-6-7-8-9-10-11-12-13-14-15-16-17-18-19-20-25(4-2)21-23-26-24-22-25;1-2-6-7(3,4)5/h3-24H2,1-2H3;2H2,1H3,(H,3,4,5)/q+1;/p-1. The maximum absolute atomic E-state index is 9.45. The zero-order chi connectivity index (χ0) is 24.7. The number of ether oxygens (including phenoxy) is 1. The van der Waals surface area contributed by atoms with Gasteiger partial charge in [-0.25, -0.2) is 8.42 Å². The minimum absolute atomic E-state index is 0.0914. The zero-order valence-electron chi connectivity index (χ0n) is 22.2. The summed E-state index contributed by atoms with van der Waals surface area (Å²) in [6.45, 7) is 13.1. The Labute approximate surface area is 206 Å². The molecule has 33 heavy (non-hydrogen) atoms. The van der Waals surface area contributed by atoms with Crippen molar-refractivity contribution < 1.29 is 26.4 Å². The van der Waals surface area contributed by atoms with Crippen LogP contribution in [0.15, 0.2) is 0 Å². The quantitative estimate of drug-likeness (QED) is 0.0826. The average Bonchev–Trinajstić information content (AvgIpc) is 2.79. The molecule has 0 amide bonds. The third-order valence-electron chi connectivity index (χ3n) is 6.84. The van der Waals surface area contributed by atoms with E-state index in [1.807, 2.05) is 0 Å². The van der Waals surface area contributed by atoms with Crippen molar-refractivity contribution in [2.24, 2.45) is 0 Å². The second-order valence-electron chi connectivity index (χ2n) is 9.56. The number of morpholine rings is 1. The molecule has 1 fully saturated rings. The number of unbranched alkanes of at least 4 members (excludes halogenated alkanes) is 15. The molecule has 0 aromatic heterocycles. The lowest BCUT2D eigenvalue weighted by molar-refractivity contribution is -0.933. The van der Waals surface area contributed by atoms with E-state index in [9.17, 15) is 13.0 Å². The molecule has 0 N–H and O–H groups in total. The van der Waals surface area contributed by atoms with Crippen molar-refractivity contribution in [3.8, 4) is 0 Å². The van der Waals surface area contributed by atoms with Crippen molar-refractivity contribution in [1.29, 1.82) is 0 Å². The van der Waals surface area contributed by atoms with Gasteiger partial charge in [0.15, 0.2) is 0 Å². The fourth-order valence-electron chi connectivity index (χ4n) is 4.57. The van der Waals surface area contributed by atoms with Crippen LogP contribution in [0, 0.1) is 0 Å². The van der Waals surface area contributed by atoms with Crippen LogP contribution in [0.4, 0.5) is 0 Å². The number of quaternary nitrogens is 1. The summed E-state index contributed by atoms with van der Waals surface area (Å²) in [7, 11) is -4.42. The molecular weight excluding hydrogens is 438 g/mol. The fourth-order valence-corrected chi connectivity index (χ4v) is 4.86. The molecule has 0 bridgehead atoms. The van der Waals surface area contributed by atoms with E-state index in [-0.39, 0.29) is 6.61 Å². The van der Waals surface area contributed by atoms with Crippen LogP contribution < -0.4 is 0 Å². The summed E-state index contributed by atoms with van der Waals surface area (Å²) in [6.07, 6.45) is 23.4. The van der Waals surface area contributed by atoms with Gasteiger partial charge < -0.3 is 13.8 Å². The first kappa shape index (κ1) is 32.8. The predicted octanol–water partition coefficient (Wildman–Crippen LogP) is 6.60. The molecule has 1 aliphatic rings. The molecule has 0 aromatic rings. The molecule has 0 aliphatic carbocycles. The van der Waals surface area contributed by atoms with E-state index in [4.69, 9.17) is 4.74 Å². The number of likely N-dealkylation sites (N-methyl/N-ethyl adjacent to an activating group) is 1. The van der Waals surface area contributed by atoms with Crippen LogP contribution in [-0.2, 0) is 19.3 Å². The Morgan fingerprint density at radius 1 is 0.697 bits per heavy atom. The maximum atomic E-state index is 9.45. The SMILES string of the molecule is CCCCCCCCCCCCCCCCCC[N+]1(CC)CCOCC1.CCOS(=O)(=O)[O-]. The second kappa shape index (κ2) is 22.3. The Morgan fingerprint density at radius 2 is 1.09 bits per heavy atom. The van der Waals surface area contributed by atoms with Gasteiger partial charge in [0.1, 0.15) is 13.1 Å². The average molecular weight is 494 g/mol. The van der Waals surface area contributed by atoms with Crippen LogP contribution in [0.3, 0.4) is 0 Å². The van der Waals surface area contributed by atoms with E-state index >= 15 is 0 Å². The highest BCUT2D eigenvalue weighted by molar-refractivity contribution is 7.80. The third kappa shape index (κ3) is 22.0. The van der Waals surface area contributed by atoms with E-state index in [0.29, 0.717) is 0 Å². The molecule has 1 heterocycles. The zero-order valence-corrected chi connectivity index (χ0v) is 23.0. The van der Waals surface area contributed by atoms with E-state index in [2.05, 4.69) is 18.0 Å². The lowest BCUT2D eigenvalue weighted by Crippen LogP contribution is -2.55. The van der Waals surface area contributed by atoms with Gasteiger partial charge in [0.05, 0.1) is 32.9 Å². The topological polar surface area (TPSA) is 75.7 Å². The number of hydrogen-bond acceptors (Lipinski definition) is 5. The smallest absolute Gasteiger partial charge is 0.217 e. The molecule has 0 saturated carbocycles. The Bertz CT molecular complexity index is 507. The Morgan fingerprint density at radius 3 is 1.39 bits per heavy atom. The van der Waals surface area contributed by atoms with Gasteiger partial charge in [-0.2, -0.15) is 0 Å². The normalized spacial score (nSPS) is 15.8. The largest absolute Gasteiger partial charge is 0.726 e. The minimum atomic E-state index is -4.42. The van der Waals surface area contributed by atoms with Crippen molar-refractivity contribution in [2.75, 3.05) is 46.0 Å². The maximum Gasteiger partial charge on any atom is 0.217 e. The van der Waals surface area contributed by atoms with Crippen LogP contribution in [0.2, 0.25) is 0 Å². The van der Waals surface area contributed by atoms with E-state index in [1.54, 1.807) is 0 Å². The molecule has 1 rings (SSSR count). The van der Waals surface area contributed by atoms with Gasteiger partial charge in [-0.1, -0.05) is 96.8 Å². The van der Waals surface area contributed by atoms with Gasteiger partial charge in [0.2, 0.25) is 10.4 Å². The highest BCUT2D eigenvalue weighted by Gasteiger charge is 2.27. The molecule has 6 nitrogen and oxygen atoms in total. The summed E-state index contributed by atoms with van der Waals surface area (Å²) >= 11 is 0. The monoisotopic (exact) mass is 493 g/mol. The molecule has 200 valence electrons. The number of rotatable bonds is 20. The van der Waals surface area contributed by atoms with Gasteiger partial charge >= 0.3 is 0 Å². The van der Waals surface area contributed by atoms with Gasteiger partial charge in [-0.3, -0.25) is 4.18 Å². The molecule has 0 unspecified atom stereocenters. The summed E-state index contributed by atoms with van der Waals surface area (Å²) in [5.41, 5.74) is 0. The second-order valence-corrected chi connectivity index (χ2v) is 10.6. The number of nitrogens with zero attached hydrogens (tertiary/aromatic N) is 1. The Balaban J connectivity index is 0.00000126. The van der Waals surface area contributed by atoms with E-state index < -0.39 is 10.4 Å². The number of hydrogen-bond donors (Lipinski definition) is 0. The molecule has 0 atom stereocenters. The van der Waals surface area contributed by atoms with Crippen LogP contribution in [0.25, 0.3) is 0 Å². The van der Waals surface area contributed by atoms with Gasteiger partial charge in [0.25, 0.3) is 0 Å². The van der Waals surface area contributed by atoms with Gasteiger partial charge in [-0.15, -0.1) is 0 Å². The van der Waals surface area contributed by atoms with Crippen molar-refractivity contribution in [3.63, 3.8) is 0 Å². The lowest BCUT2D eigenvalue weighted by Gasteiger charge is -2.40. The first-order valence-electron chi connectivity index (χ1n) is 13.9.